The van der Waals surface area contributed by atoms with Crippen LogP contribution in [0.5, 0.6) is 0 Å². The SMILES string of the molecule is C=C/C=C\C=C\N(c1ccc(-c2ccc(N(c3ccccc3)c3ccc(C=C)c4ccccc34)cc2)cc1)c1ccc(C=C)c2ccccc12. The number of allylic oxidation sites excluding steroid dienone is 4. The van der Waals surface area contributed by atoms with E-state index in [1.165, 1.54) is 16.2 Å². The summed E-state index contributed by atoms with van der Waals surface area (Å²) in [7, 11) is 0. The van der Waals surface area contributed by atoms with Crippen LogP contribution in [-0.4, -0.2) is 0 Å². The topological polar surface area (TPSA) is 6.48 Å². The molecular formula is C48H38N2. The number of para-hydroxylation sites is 1. The van der Waals surface area contributed by atoms with Crippen LogP contribution in [0.1, 0.15) is 11.1 Å². The highest BCUT2D eigenvalue weighted by atomic mass is 15.1. The van der Waals surface area contributed by atoms with Gasteiger partial charge in [0.15, 0.2) is 0 Å². The number of anilines is 5. The van der Waals surface area contributed by atoms with Gasteiger partial charge in [0.05, 0.1) is 11.4 Å². The minimum Gasteiger partial charge on any atom is -0.317 e. The van der Waals surface area contributed by atoms with Crippen molar-refractivity contribution in [2.75, 3.05) is 9.80 Å². The van der Waals surface area contributed by atoms with Gasteiger partial charge in [-0.1, -0.05) is 153 Å². The maximum Gasteiger partial charge on any atom is 0.0540 e. The molecule has 0 spiro atoms. The van der Waals surface area contributed by atoms with Crippen LogP contribution in [0.25, 0.3) is 44.8 Å². The highest BCUT2D eigenvalue weighted by molar-refractivity contribution is 6.03. The maximum absolute atomic E-state index is 4.05. The zero-order valence-corrected chi connectivity index (χ0v) is 28.0. The molecule has 0 aliphatic heterocycles. The standard InChI is InChI=1S/C48H38N2/c1-4-7-8-16-35-49(47-33-27-36(5-2)43-19-12-14-21-45(43)47)40-29-23-38(24-30-40)39-25-31-42(32-26-39)50(41-17-10-9-11-18-41)48-34-28-37(6-3)44-20-13-15-22-46(44)48/h4-35H,1-3H2/b8-7-,35-16+. The van der Waals surface area contributed by atoms with Crippen molar-refractivity contribution in [2.45, 2.75) is 0 Å². The lowest BCUT2D eigenvalue weighted by Crippen LogP contribution is -2.10. The summed E-state index contributed by atoms with van der Waals surface area (Å²) in [6.07, 6.45) is 13.7. The lowest BCUT2D eigenvalue weighted by molar-refractivity contribution is 1.29. The first-order chi connectivity index (χ1) is 24.7. The molecule has 0 radical (unpaired) electrons. The Bertz CT molecular complexity index is 2360. The molecule has 0 aliphatic rings. The van der Waals surface area contributed by atoms with Crippen LogP contribution in [0.2, 0.25) is 0 Å². The molecule has 0 fully saturated rings. The van der Waals surface area contributed by atoms with Gasteiger partial charge in [-0.3, -0.25) is 0 Å². The van der Waals surface area contributed by atoms with Crippen molar-refractivity contribution in [1.82, 2.24) is 0 Å². The molecule has 50 heavy (non-hydrogen) atoms. The first kappa shape index (κ1) is 31.9. The Morgan fingerprint density at radius 3 is 1.42 bits per heavy atom. The van der Waals surface area contributed by atoms with Crippen LogP contribution in [0, 0.1) is 0 Å². The monoisotopic (exact) mass is 642 g/mol. The summed E-state index contributed by atoms with van der Waals surface area (Å²) in [6, 6.07) is 53.8. The second-order valence-corrected chi connectivity index (χ2v) is 11.9. The fraction of sp³-hybridized carbons (Fsp3) is 0. The van der Waals surface area contributed by atoms with E-state index in [1.807, 2.05) is 30.4 Å². The zero-order chi connectivity index (χ0) is 34.3. The predicted molar refractivity (Wildman–Crippen MR) is 219 cm³/mol. The smallest absolute Gasteiger partial charge is 0.0540 e. The van der Waals surface area contributed by atoms with E-state index in [1.54, 1.807) is 6.08 Å². The van der Waals surface area contributed by atoms with E-state index in [4.69, 9.17) is 0 Å². The van der Waals surface area contributed by atoms with Gasteiger partial charge >= 0.3 is 0 Å². The van der Waals surface area contributed by atoms with Gasteiger partial charge in [0, 0.05) is 34.0 Å². The van der Waals surface area contributed by atoms with Crippen LogP contribution in [-0.2, 0) is 0 Å². The number of hydrogen-bond donors (Lipinski definition) is 0. The van der Waals surface area contributed by atoms with E-state index >= 15 is 0 Å². The Kier molecular flexibility index (Phi) is 9.35. The number of hydrogen-bond acceptors (Lipinski definition) is 2. The van der Waals surface area contributed by atoms with Crippen LogP contribution in [0.4, 0.5) is 28.4 Å². The lowest BCUT2D eigenvalue weighted by atomic mass is 10.0. The third-order valence-corrected chi connectivity index (χ3v) is 9.02. The second kappa shape index (κ2) is 14.6. The molecule has 7 aromatic rings. The van der Waals surface area contributed by atoms with Crippen LogP contribution in [0.3, 0.4) is 0 Å². The summed E-state index contributed by atoms with van der Waals surface area (Å²) in [5.74, 6) is 0. The quantitative estimate of drug-likeness (QED) is 0.130. The van der Waals surface area contributed by atoms with Crippen molar-refractivity contribution in [2.24, 2.45) is 0 Å². The predicted octanol–water partition coefficient (Wildman–Crippen LogP) is 13.8. The summed E-state index contributed by atoms with van der Waals surface area (Å²) in [4.78, 5) is 4.56. The highest BCUT2D eigenvalue weighted by Crippen LogP contribution is 2.41. The molecule has 0 N–H and O–H groups in total. The van der Waals surface area contributed by atoms with E-state index in [0.717, 1.165) is 56.1 Å². The van der Waals surface area contributed by atoms with Crippen molar-refractivity contribution in [3.63, 3.8) is 0 Å². The normalized spacial score (nSPS) is 11.3. The van der Waals surface area contributed by atoms with Crippen LogP contribution < -0.4 is 9.80 Å². The van der Waals surface area contributed by atoms with Gasteiger partial charge in [-0.2, -0.15) is 0 Å². The Labute approximate surface area is 295 Å². The Balaban J connectivity index is 1.25. The van der Waals surface area contributed by atoms with Gasteiger partial charge < -0.3 is 9.80 Å². The molecule has 0 atom stereocenters. The molecule has 0 saturated carbocycles. The molecule has 0 aliphatic carbocycles. The van der Waals surface area contributed by atoms with Crippen LogP contribution >= 0.6 is 0 Å². The molecule has 0 aromatic heterocycles. The minimum absolute atomic E-state index is 1.07. The van der Waals surface area contributed by atoms with E-state index in [0.29, 0.717) is 0 Å². The molecule has 7 aromatic carbocycles. The van der Waals surface area contributed by atoms with E-state index in [2.05, 4.69) is 187 Å². The molecule has 7 rings (SSSR count). The summed E-state index contributed by atoms with van der Waals surface area (Å²) in [5.41, 5.74) is 10.0. The van der Waals surface area contributed by atoms with Crippen molar-refractivity contribution >= 4 is 62.1 Å². The molecule has 0 bridgehead atoms. The Morgan fingerprint density at radius 2 is 0.860 bits per heavy atom. The molecule has 0 heterocycles. The summed E-state index contributed by atoms with van der Waals surface area (Å²) in [5, 5.41) is 4.70. The van der Waals surface area contributed by atoms with Crippen LogP contribution in [0.15, 0.2) is 202 Å². The van der Waals surface area contributed by atoms with E-state index in [-0.39, 0.29) is 0 Å². The minimum atomic E-state index is 1.07. The average Bonchev–Trinajstić information content (AvgIpc) is 3.19. The highest BCUT2D eigenvalue weighted by Gasteiger charge is 2.17. The molecule has 0 unspecified atom stereocenters. The van der Waals surface area contributed by atoms with Gasteiger partial charge in [-0.15, -0.1) is 0 Å². The maximum atomic E-state index is 4.05. The average molecular weight is 643 g/mol. The van der Waals surface area contributed by atoms with Gasteiger partial charge in [-0.05, 0) is 87.6 Å². The van der Waals surface area contributed by atoms with E-state index < -0.39 is 0 Å². The molecule has 2 nitrogen and oxygen atoms in total. The van der Waals surface area contributed by atoms with Crippen molar-refractivity contribution in [3.8, 4) is 11.1 Å². The Morgan fingerprint density at radius 1 is 0.380 bits per heavy atom. The largest absolute Gasteiger partial charge is 0.317 e. The summed E-state index contributed by atoms with van der Waals surface area (Å²) >= 11 is 0. The molecule has 240 valence electrons. The van der Waals surface area contributed by atoms with E-state index in [9.17, 15) is 0 Å². The zero-order valence-electron chi connectivity index (χ0n) is 28.0. The fourth-order valence-corrected chi connectivity index (χ4v) is 6.58. The van der Waals surface area contributed by atoms with Crippen molar-refractivity contribution < 1.29 is 0 Å². The van der Waals surface area contributed by atoms with Crippen molar-refractivity contribution in [1.29, 1.82) is 0 Å². The third kappa shape index (κ3) is 6.31. The molecule has 0 amide bonds. The van der Waals surface area contributed by atoms with Gasteiger partial charge in [0.1, 0.15) is 0 Å². The number of fused-ring (bicyclic) bond motifs is 2. The van der Waals surface area contributed by atoms with Gasteiger partial charge in [0.2, 0.25) is 0 Å². The summed E-state index contributed by atoms with van der Waals surface area (Å²) in [6.45, 7) is 11.9. The number of rotatable bonds is 11. The number of benzene rings is 7. The first-order valence-electron chi connectivity index (χ1n) is 16.8. The molecule has 0 saturated heterocycles. The fourth-order valence-electron chi connectivity index (χ4n) is 6.58. The van der Waals surface area contributed by atoms with Gasteiger partial charge in [0.25, 0.3) is 0 Å². The third-order valence-electron chi connectivity index (χ3n) is 9.02. The van der Waals surface area contributed by atoms with Gasteiger partial charge in [-0.25, -0.2) is 0 Å². The summed E-state index contributed by atoms with van der Waals surface area (Å²) < 4.78 is 0. The van der Waals surface area contributed by atoms with Crippen molar-refractivity contribution in [3.05, 3.63) is 213 Å². The number of nitrogens with zero attached hydrogens (tertiary/aromatic N) is 2. The molecule has 2 heteroatoms. The second-order valence-electron chi connectivity index (χ2n) is 11.9. The first-order valence-corrected chi connectivity index (χ1v) is 16.8. The Hall–Kier alpha value is -6.64. The molecular weight excluding hydrogens is 605 g/mol. The lowest BCUT2D eigenvalue weighted by Gasteiger charge is -2.27.